The van der Waals surface area contributed by atoms with Gasteiger partial charge in [-0.2, -0.15) is 11.8 Å². The van der Waals surface area contributed by atoms with Gasteiger partial charge >= 0.3 is 0 Å². The predicted octanol–water partition coefficient (Wildman–Crippen LogP) is 1.70. The largest absolute Gasteiger partial charge is 0.372 e. The molecule has 1 aromatic rings. The second-order valence-corrected chi connectivity index (χ2v) is 4.50. The van der Waals surface area contributed by atoms with Crippen molar-refractivity contribution in [3.8, 4) is 0 Å². The summed E-state index contributed by atoms with van der Waals surface area (Å²) < 4.78 is 13.1. The molecular formula is C11H16FN3OS. The van der Waals surface area contributed by atoms with Gasteiger partial charge in [0.2, 0.25) is 0 Å². The predicted molar refractivity (Wildman–Crippen MR) is 69.1 cm³/mol. The SMILES string of the molecule is CNc1ncc(F)cc1C(=O)N(C)CCSC. The normalized spacial score (nSPS) is 10.1. The molecule has 1 rings (SSSR count). The minimum atomic E-state index is -0.509. The lowest BCUT2D eigenvalue weighted by atomic mass is 10.2. The molecule has 1 aromatic heterocycles. The van der Waals surface area contributed by atoms with Crippen LogP contribution in [0.4, 0.5) is 10.2 Å². The van der Waals surface area contributed by atoms with E-state index in [1.807, 2.05) is 6.26 Å². The first-order chi connectivity index (χ1) is 8.10. The van der Waals surface area contributed by atoms with Gasteiger partial charge in [0.15, 0.2) is 0 Å². The quantitative estimate of drug-likeness (QED) is 0.872. The summed E-state index contributed by atoms with van der Waals surface area (Å²) in [4.78, 5) is 17.5. The van der Waals surface area contributed by atoms with Crippen molar-refractivity contribution in [2.75, 3.05) is 38.0 Å². The van der Waals surface area contributed by atoms with Gasteiger partial charge in [0, 0.05) is 26.4 Å². The van der Waals surface area contributed by atoms with Crippen LogP contribution in [0.3, 0.4) is 0 Å². The van der Waals surface area contributed by atoms with Crippen molar-refractivity contribution in [3.05, 3.63) is 23.6 Å². The first-order valence-corrected chi connectivity index (χ1v) is 6.57. The molecule has 0 atom stereocenters. The van der Waals surface area contributed by atoms with E-state index < -0.39 is 5.82 Å². The molecule has 94 valence electrons. The van der Waals surface area contributed by atoms with Gasteiger partial charge in [-0.15, -0.1) is 0 Å². The summed E-state index contributed by atoms with van der Waals surface area (Å²) in [6, 6.07) is 1.21. The highest BCUT2D eigenvalue weighted by Gasteiger charge is 2.16. The van der Waals surface area contributed by atoms with E-state index in [2.05, 4.69) is 10.3 Å². The van der Waals surface area contributed by atoms with E-state index in [1.54, 1.807) is 30.8 Å². The van der Waals surface area contributed by atoms with E-state index in [9.17, 15) is 9.18 Å². The number of hydrogen-bond donors (Lipinski definition) is 1. The summed E-state index contributed by atoms with van der Waals surface area (Å²) in [6.07, 6.45) is 3.06. The molecule has 0 aliphatic rings. The molecule has 17 heavy (non-hydrogen) atoms. The first-order valence-electron chi connectivity index (χ1n) is 5.17. The number of nitrogens with one attached hydrogen (secondary N) is 1. The zero-order valence-corrected chi connectivity index (χ0v) is 11.0. The third kappa shape index (κ3) is 3.59. The summed E-state index contributed by atoms with van der Waals surface area (Å²) in [7, 11) is 3.35. The van der Waals surface area contributed by atoms with Crippen molar-refractivity contribution >= 4 is 23.5 Å². The number of hydrogen-bond acceptors (Lipinski definition) is 4. The first kappa shape index (κ1) is 13.8. The number of carbonyl (C=O) groups is 1. The Morgan fingerprint density at radius 2 is 2.35 bits per heavy atom. The fourth-order valence-corrected chi connectivity index (χ4v) is 1.79. The number of thioether (sulfide) groups is 1. The number of aromatic nitrogens is 1. The monoisotopic (exact) mass is 257 g/mol. The van der Waals surface area contributed by atoms with E-state index in [0.29, 0.717) is 12.4 Å². The Kier molecular flexibility index (Phi) is 5.21. The summed E-state index contributed by atoms with van der Waals surface area (Å²) in [5, 5.41) is 2.78. The maximum absolute atomic E-state index is 13.1. The molecule has 6 heteroatoms. The van der Waals surface area contributed by atoms with E-state index >= 15 is 0 Å². The Morgan fingerprint density at radius 1 is 1.65 bits per heavy atom. The lowest BCUT2D eigenvalue weighted by Crippen LogP contribution is -2.29. The summed E-state index contributed by atoms with van der Waals surface area (Å²) in [5.41, 5.74) is 0.260. The van der Waals surface area contributed by atoms with Crippen LogP contribution in [0.25, 0.3) is 0 Å². The molecule has 0 aliphatic carbocycles. The molecule has 0 radical (unpaired) electrons. The summed E-state index contributed by atoms with van der Waals surface area (Å²) in [5.74, 6) is 0.508. The van der Waals surface area contributed by atoms with Gasteiger partial charge < -0.3 is 10.2 Å². The lowest BCUT2D eigenvalue weighted by Gasteiger charge is -2.17. The van der Waals surface area contributed by atoms with Crippen LogP contribution in [0.2, 0.25) is 0 Å². The Labute approximate surface area is 105 Å². The Bertz CT molecular complexity index is 400. The van der Waals surface area contributed by atoms with Crippen molar-refractivity contribution < 1.29 is 9.18 Å². The Balaban J connectivity index is 2.90. The molecular weight excluding hydrogens is 241 g/mol. The molecule has 0 saturated heterocycles. The summed E-state index contributed by atoms with van der Waals surface area (Å²) in [6.45, 7) is 0.625. The van der Waals surface area contributed by atoms with Crippen molar-refractivity contribution in [2.24, 2.45) is 0 Å². The van der Waals surface area contributed by atoms with Crippen LogP contribution < -0.4 is 5.32 Å². The van der Waals surface area contributed by atoms with Gasteiger partial charge in [0.05, 0.1) is 11.8 Å². The molecule has 0 unspecified atom stereocenters. The zero-order chi connectivity index (χ0) is 12.8. The fourth-order valence-electron chi connectivity index (χ4n) is 1.34. The lowest BCUT2D eigenvalue weighted by molar-refractivity contribution is 0.0804. The number of nitrogens with zero attached hydrogens (tertiary/aromatic N) is 2. The van der Waals surface area contributed by atoms with Crippen molar-refractivity contribution in [1.82, 2.24) is 9.88 Å². The molecule has 1 amide bonds. The molecule has 0 aliphatic heterocycles. The standard InChI is InChI=1S/C11H16FN3OS/c1-13-10-9(6-8(12)7-14-10)11(16)15(2)4-5-17-3/h6-7H,4-5H2,1-3H3,(H,13,14). The zero-order valence-electron chi connectivity index (χ0n) is 10.2. The van der Waals surface area contributed by atoms with Crippen LogP contribution in [0, 0.1) is 5.82 Å². The molecule has 1 heterocycles. The summed E-state index contributed by atoms with van der Waals surface area (Å²) >= 11 is 1.66. The number of amides is 1. The number of pyridine rings is 1. The minimum absolute atomic E-state index is 0.226. The van der Waals surface area contributed by atoms with E-state index in [0.717, 1.165) is 11.9 Å². The highest BCUT2D eigenvalue weighted by molar-refractivity contribution is 7.98. The fraction of sp³-hybridized carbons (Fsp3) is 0.455. The van der Waals surface area contributed by atoms with Gasteiger partial charge in [-0.25, -0.2) is 9.37 Å². The molecule has 4 nitrogen and oxygen atoms in total. The van der Waals surface area contributed by atoms with Crippen LogP contribution in [0.1, 0.15) is 10.4 Å². The van der Waals surface area contributed by atoms with Gasteiger partial charge in [-0.1, -0.05) is 0 Å². The third-order valence-corrected chi connectivity index (χ3v) is 2.89. The van der Waals surface area contributed by atoms with Crippen LogP contribution in [0.15, 0.2) is 12.3 Å². The Hall–Kier alpha value is -1.30. The van der Waals surface area contributed by atoms with Crippen molar-refractivity contribution in [1.29, 1.82) is 0 Å². The van der Waals surface area contributed by atoms with Crippen LogP contribution in [-0.2, 0) is 0 Å². The van der Waals surface area contributed by atoms with E-state index in [1.165, 1.54) is 6.07 Å². The van der Waals surface area contributed by atoms with Gasteiger partial charge in [0.1, 0.15) is 11.6 Å². The van der Waals surface area contributed by atoms with E-state index in [-0.39, 0.29) is 11.5 Å². The van der Waals surface area contributed by atoms with Gasteiger partial charge in [-0.3, -0.25) is 4.79 Å². The molecule has 0 saturated carbocycles. The van der Waals surface area contributed by atoms with Gasteiger partial charge in [-0.05, 0) is 12.3 Å². The smallest absolute Gasteiger partial charge is 0.257 e. The van der Waals surface area contributed by atoms with Crippen LogP contribution in [0.5, 0.6) is 0 Å². The maximum atomic E-state index is 13.1. The third-order valence-electron chi connectivity index (χ3n) is 2.30. The highest BCUT2D eigenvalue weighted by Crippen LogP contribution is 2.15. The number of rotatable bonds is 5. The molecule has 0 spiro atoms. The van der Waals surface area contributed by atoms with E-state index in [4.69, 9.17) is 0 Å². The average Bonchev–Trinajstić information content (AvgIpc) is 2.34. The van der Waals surface area contributed by atoms with Crippen molar-refractivity contribution in [2.45, 2.75) is 0 Å². The maximum Gasteiger partial charge on any atom is 0.257 e. The molecule has 0 bridgehead atoms. The van der Waals surface area contributed by atoms with Gasteiger partial charge in [0.25, 0.3) is 5.91 Å². The van der Waals surface area contributed by atoms with Crippen LogP contribution >= 0.6 is 11.8 Å². The second-order valence-electron chi connectivity index (χ2n) is 3.52. The molecule has 0 aromatic carbocycles. The number of halogens is 1. The Morgan fingerprint density at radius 3 is 2.94 bits per heavy atom. The molecule has 0 fully saturated rings. The highest BCUT2D eigenvalue weighted by atomic mass is 32.2. The van der Waals surface area contributed by atoms with Crippen molar-refractivity contribution in [3.63, 3.8) is 0 Å². The van der Waals surface area contributed by atoms with Crippen LogP contribution in [-0.4, -0.2) is 48.4 Å². The average molecular weight is 257 g/mol. The minimum Gasteiger partial charge on any atom is -0.372 e. The topological polar surface area (TPSA) is 45.2 Å². The second kappa shape index (κ2) is 6.44. The number of anilines is 1. The molecule has 1 N–H and O–H groups in total. The number of carbonyl (C=O) groups excluding carboxylic acids is 1.